The number of hydrogen-bond acceptors (Lipinski definition) is 5. The molecule has 6 rings (SSSR count). The summed E-state index contributed by atoms with van der Waals surface area (Å²) in [5, 5.41) is 13.7. The van der Waals surface area contributed by atoms with Crippen molar-refractivity contribution in [1.82, 2.24) is 15.4 Å². The Balaban J connectivity index is 1.16. The minimum absolute atomic E-state index is 0.163. The van der Waals surface area contributed by atoms with E-state index in [9.17, 15) is 9.90 Å². The molecule has 4 aromatic rings. The van der Waals surface area contributed by atoms with Crippen LogP contribution in [0.3, 0.4) is 0 Å². The molecule has 36 heavy (non-hydrogen) atoms. The van der Waals surface area contributed by atoms with Gasteiger partial charge in [-0.1, -0.05) is 48.5 Å². The number of fused-ring (bicyclic) bond motifs is 1. The molecule has 1 amide bonds. The number of thiophene rings is 1. The molecule has 3 atom stereocenters. The molecule has 3 heterocycles. The van der Waals surface area contributed by atoms with Crippen LogP contribution < -0.4 is 10.9 Å². The minimum atomic E-state index is -0.469. The van der Waals surface area contributed by atoms with Gasteiger partial charge in [0.2, 0.25) is 0 Å². The van der Waals surface area contributed by atoms with Crippen molar-refractivity contribution in [3.8, 4) is 0 Å². The normalized spacial score (nSPS) is 22.1. The molecule has 1 aliphatic heterocycles. The van der Waals surface area contributed by atoms with Gasteiger partial charge in [0.1, 0.15) is 6.23 Å². The van der Waals surface area contributed by atoms with Crippen LogP contribution >= 0.6 is 11.3 Å². The average molecular weight is 502 g/mol. The van der Waals surface area contributed by atoms with Gasteiger partial charge in [-0.3, -0.25) is 10.2 Å². The van der Waals surface area contributed by atoms with Crippen molar-refractivity contribution in [2.75, 3.05) is 6.54 Å². The van der Waals surface area contributed by atoms with Crippen molar-refractivity contribution < 1.29 is 14.6 Å². The van der Waals surface area contributed by atoms with Crippen LogP contribution in [-0.2, 0) is 11.2 Å². The second-order valence-electron chi connectivity index (χ2n) is 9.92. The highest BCUT2D eigenvalue weighted by Gasteiger charge is 2.30. The van der Waals surface area contributed by atoms with E-state index in [1.807, 2.05) is 17.5 Å². The fourth-order valence-electron chi connectivity index (χ4n) is 5.19. The summed E-state index contributed by atoms with van der Waals surface area (Å²) in [6, 6.07) is 21.1. The molecular formula is C29H31N3O3S. The number of hydrogen-bond donors (Lipinski definition) is 3. The monoisotopic (exact) mass is 501 g/mol. The average Bonchev–Trinajstić information content (AvgIpc) is 3.46. The maximum atomic E-state index is 12.2. The number of aliphatic hydroxyl groups excluding tert-OH is 1. The predicted molar refractivity (Wildman–Crippen MR) is 142 cm³/mol. The Morgan fingerprint density at radius 3 is 2.67 bits per heavy atom. The van der Waals surface area contributed by atoms with Crippen molar-refractivity contribution in [1.29, 1.82) is 0 Å². The third-order valence-electron chi connectivity index (χ3n) is 7.19. The molecule has 0 bridgehead atoms. The first-order valence-corrected chi connectivity index (χ1v) is 13.6. The molecule has 2 fully saturated rings. The SMILES string of the molecule is O=C(NNCC1CC(O)CC(n2cc(Cc3ccc(C4CC4)cc3)c3ccccc32)O1)c1cccs1. The van der Waals surface area contributed by atoms with Gasteiger partial charge in [0.05, 0.1) is 22.6 Å². The highest BCUT2D eigenvalue weighted by atomic mass is 32.1. The number of nitrogens with zero attached hydrogens (tertiary/aromatic N) is 1. The smallest absolute Gasteiger partial charge is 0.275 e. The summed E-state index contributed by atoms with van der Waals surface area (Å²) in [4.78, 5) is 12.8. The van der Waals surface area contributed by atoms with E-state index in [0.717, 1.165) is 17.9 Å². The second kappa shape index (κ2) is 10.2. The molecule has 1 aliphatic carbocycles. The summed E-state index contributed by atoms with van der Waals surface area (Å²) < 4.78 is 8.60. The van der Waals surface area contributed by atoms with Crippen molar-refractivity contribution >= 4 is 28.1 Å². The largest absolute Gasteiger partial charge is 0.393 e. The molecular weight excluding hydrogens is 470 g/mol. The molecule has 0 spiro atoms. The van der Waals surface area contributed by atoms with Crippen LogP contribution in [0.15, 0.2) is 72.2 Å². The third kappa shape index (κ3) is 5.11. The van der Waals surface area contributed by atoms with Gasteiger partial charge in [-0.25, -0.2) is 5.43 Å². The Kier molecular flexibility index (Phi) is 6.63. The zero-order chi connectivity index (χ0) is 24.5. The van der Waals surface area contributed by atoms with Gasteiger partial charge in [0.15, 0.2) is 0 Å². The Morgan fingerprint density at radius 1 is 1.06 bits per heavy atom. The second-order valence-corrected chi connectivity index (χ2v) is 10.9. The van der Waals surface area contributed by atoms with Gasteiger partial charge in [-0.2, -0.15) is 0 Å². The van der Waals surface area contributed by atoms with Gasteiger partial charge in [-0.05, 0) is 59.4 Å². The summed E-state index contributed by atoms with van der Waals surface area (Å²) in [6.45, 7) is 0.421. The third-order valence-corrected chi connectivity index (χ3v) is 8.06. The molecule has 186 valence electrons. The maximum Gasteiger partial charge on any atom is 0.275 e. The number of carbonyl (C=O) groups excluding carboxylic acids is 1. The van der Waals surface area contributed by atoms with E-state index >= 15 is 0 Å². The number of nitrogens with one attached hydrogen (secondary N) is 2. The number of para-hydroxylation sites is 1. The number of aliphatic hydroxyl groups is 1. The lowest BCUT2D eigenvalue weighted by Gasteiger charge is -2.34. The molecule has 0 radical (unpaired) electrons. The van der Waals surface area contributed by atoms with E-state index in [0.29, 0.717) is 24.3 Å². The quantitative estimate of drug-likeness (QED) is 0.292. The number of benzene rings is 2. The van der Waals surface area contributed by atoms with Crippen LogP contribution in [0.2, 0.25) is 0 Å². The Bertz CT molecular complexity index is 1330. The molecule has 6 nitrogen and oxygen atoms in total. The molecule has 1 saturated carbocycles. The summed E-state index contributed by atoms with van der Waals surface area (Å²) in [7, 11) is 0. The molecule has 2 aromatic carbocycles. The highest BCUT2D eigenvalue weighted by molar-refractivity contribution is 7.12. The van der Waals surface area contributed by atoms with E-state index in [2.05, 4.69) is 64.1 Å². The van der Waals surface area contributed by atoms with Crippen LogP contribution in [0, 0.1) is 0 Å². The summed E-state index contributed by atoms with van der Waals surface area (Å²) in [5.74, 6) is 0.603. The number of aromatic nitrogens is 1. The molecule has 7 heteroatoms. The fraction of sp³-hybridized carbons (Fsp3) is 0.345. The first kappa shape index (κ1) is 23.4. The lowest BCUT2D eigenvalue weighted by molar-refractivity contribution is -0.125. The topological polar surface area (TPSA) is 75.5 Å². The van der Waals surface area contributed by atoms with Crippen molar-refractivity contribution in [2.24, 2.45) is 0 Å². The van der Waals surface area contributed by atoms with Crippen molar-refractivity contribution in [2.45, 2.75) is 56.5 Å². The lowest BCUT2D eigenvalue weighted by Crippen LogP contribution is -2.45. The molecule has 2 aromatic heterocycles. The number of amides is 1. The molecule has 3 unspecified atom stereocenters. The van der Waals surface area contributed by atoms with E-state index in [4.69, 9.17) is 4.74 Å². The Labute approximate surface area is 214 Å². The van der Waals surface area contributed by atoms with Crippen LogP contribution in [0.5, 0.6) is 0 Å². The number of carbonyl (C=O) groups is 1. The van der Waals surface area contributed by atoms with Gasteiger partial charge in [-0.15, -0.1) is 11.3 Å². The minimum Gasteiger partial charge on any atom is -0.393 e. The highest BCUT2D eigenvalue weighted by Crippen LogP contribution is 2.40. The molecule has 3 N–H and O–H groups in total. The molecule has 1 saturated heterocycles. The van der Waals surface area contributed by atoms with E-state index < -0.39 is 6.10 Å². The van der Waals surface area contributed by atoms with Gasteiger partial charge >= 0.3 is 0 Å². The summed E-state index contributed by atoms with van der Waals surface area (Å²) in [5.41, 5.74) is 10.8. The lowest BCUT2D eigenvalue weighted by atomic mass is 10.0. The van der Waals surface area contributed by atoms with Gasteiger partial charge in [0.25, 0.3) is 5.91 Å². The van der Waals surface area contributed by atoms with Gasteiger partial charge in [0, 0.05) is 31.0 Å². The standard InChI is InChI=1S/C29H31N3O3S/c33-23-15-24(17-30-31-29(34)27-6-3-13-36-27)35-28(16-23)32-18-22(25-4-1-2-5-26(25)32)14-19-7-9-20(10-8-19)21-11-12-21/h1-10,13,18,21,23-24,28,30,33H,11-12,14-17H2,(H,31,34). The summed E-state index contributed by atoms with van der Waals surface area (Å²) >= 11 is 1.40. The van der Waals surface area contributed by atoms with E-state index in [-0.39, 0.29) is 18.2 Å². The predicted octanol–water partition coefficient (Wildman–Crippen LogP) is 5.14. The van der Waals surface area contributed by atoms with Crippen LogP contribution in [0.4, 0.5) is 0 Å². The zero-order valence-electron chi connectivity index (χ0n) is 20.1. The number of rotatable bonds is 8. The first-order chi connectivity index (χ1) is 17.6. The Morgan fingerprint density at radius 2 is 1.89 bits per heavy atom. The van der Waals surface area contributed by atoms with Crippen molar-refractivity contribution in [3.05, 3.63) is 93.8 Å². The Hall–Kier alpha value is -2.97. The van der Waals surface area contributed by atoms with Crippen molar-refractivity contribution in [3.63, 3.8) is 0 Å². The summed E-state index contributed by atoms with van der Waals surface area (Å²) in [6.07, 6.45) is 5.77. The fourth-order valence-corrected chi connectivity index (χ4v) is 5.81. The van der Waals surface area contributed by atoms with Crippen LogP contribution in [0.1, 0.15) is 64.2 Å². The molecule has 2 aliphatic rings. The first-order valence-electron chi connectivity index (χ1n) is 12.7. The number of hydrazine groups is 1. The number of ether oxygens (including phenoxy) is 1. The van der Waals surface area contributed by atoms with E-state index in [1.54, 1.807) is 6.07 Å². The maximum absolute atomic E-state index is 12.2. The van der Waals surface area contributed by atoms with Crippen LogP contribution in [0.25, 0.3) is 10.9 Å². The zero-order valence-corrected chi connectivity index (χ0v) is 20.9. The van der Waals surface area contributed by atoms with E-state index in [1.165, 1.54) is 46.3 Å². The van der Waals surface area contributed by atoms with Crippen LogP contribution in [-0.4, -0.2) is 34.3 Å². The van der Waals surface area contributed by atoms with Gasteiger partial charge < -0.3 is 14.4 Å².